The van der Waals surface area contributed by atoms with E-state index in [0.717, 1.165) is 24.0 Å². The normalized spacial score (nSPS) is 30.6. The van der Waals surface area contributed by atoms with Gasteiger partial charge in [-0.25, -0.2) is 8.78 Å². The van der Waals surface area contributed by atoms with Gasteiger partial charge in [-0.05, 0) is 37.1 Å². The molecule has 0 radical (unpaired) electrons. The number of halogens is 3. The van der Waals surface area contributed by atoms with E-state index in [1.807, 2.05) is 12.1 Å². The summed E-state index contributed by atoms with van der Waals surface area (Å²) in [4.78, 5) is 2.17. The lowest BCUT2D eigenvalue weighted by Crippen LogP contribution is -2.38. The summed E-state index contributed by atoms with van der Waals surface area (Å²) in [6.07, 6.45) is 1.68. The summed E-state index contributed by atoms with van der Waals surface area (Å²) in [5.41, 5.74) is 0.500. The fourth-order valence-corrected chi connectivity index (χ4v) is 3.30. The van der Waals surface area contributed by atoms with Crippen molar-refractivity contribution in [3.8, 4) is 0 Å². The topological polar surface area (TPSA) is 3.24 Å². The Kier molecular flexibility index (Phi) is 2.98. The molecule has 0 amide bonds. The fourth-order valence-electron chi connectivity index (χ4n) is 3.03. The van der Waals surface area contributed by atoms with Crippen LogP contribution in [0.3, 0.4) is 0 Å². The Bertz CT molecular complexity index is 446. The first kappa shape index (κ1) is 12.5. The van der Waals surface area contributed by atoms with Crippen molar-refractivity contribution in [3.63, 3.8) is 0 Å². The highest BCUT2D eigenvalue weighted by molar-refractivity contribution is 9.10. The first-order valence-corrected chi connectivity index (χ1v) is 7.15. The maximum atomic E-state index is 13.4. The molecule has 1 aliphatic carbocycles. The number of piperidine rings is 1. The monoisotopic (exact) mass is 315 g/mol. The van der Waals surface area contributed by atoms with Gasteiger partial charge in [0.2, 0.25) is 0 Å². The highest BCUT2D eigenvalue weighted by atomic mass is 79.9. The van der Waals surface area contributed by atoms with Gasteiger partial charge in [-0.1, -0.05) is 28.1 Å². The highest BCUT2D eigenvalue weighted by Gasteiger charge is 2.71. The Morgan fingerprint density at radius 2 is 1.89 bits per heavy atom. The van der Waals surface area contributed by atoms with Crippen LogP contribution >= 0.6 is 15.9 Å². The second-order valence-electron chi connectivity index (χ2n) is 5.60. The molecule has 2 aliphatic rings. The smallest absolute Gasteiger partial charge is 0.255 e. The maximum Gasteiger partial charge on any atom is 0.255 e. The molecule has 1 aliphatic heterocycles. The zero-order valence-electron chi connectivity index (χ0n) is 10.1. The number of hydrogen-bond donors (Lipinski definition) is 0. The van der Waals surface area contributed by atoms with Crippen LogP contribution in [0.25, 0.3) is 0 Å². The lowest BCUT2D eigenvalue weighted by atomic mass is 9.94. The molecular weight excluding hydrogens is 300 g/mol. The molecule has 0 N–H and O–H groups in total. The van der Waals surface area contributed by atoms with Gasteiger partial charge in [0, 0.05) is 24.0 Å². The van der Waals surface area contributed by atoms with E-state index in [-0.39, 0.29) is 6.42 Å². The quantitative estimate of drug-likeness (QED) is 0.795. The van der Waals surface area contributed by atoms with Crippen LogP contribution in [-0.2, 0) is 6.54 Å². The van der Waals surface area contributed by atoms with Crippen LogP contribution in [0, 0.1) is 5.41 Å². The molecule has 18 heavy (non-hydrogen) atoms. The molecule has 0 bridgehead atoms. The third kappa shape index (κ3) is 2.21. The van der Waals surface area contributed by atoms with E-state index in [1.54, 1.807) is 0 Å². The molecule has 98 valence electrons. The molecule has 4 heteroatoms. The maximum absolute atomic E-state index is 13.4. The van der Waals surface area contributed by atoms with Gasteiger partial charge in [-0.15, -0.1) is 0 Å². The van der Waals surface area contributed by atoms with E-state index in [9.17, 15) is 8.78 Å². The lowest BCUT2D eigenvalue weighted by Gasteiger charge is -2.33. The van der Waals surface area contributed by atoms with E-state index in [2.05, 4.69) is 33.0 Å². The average molecular weight is 316 g/mol. The van der Waals surface area contributed by atoms with Gasteiger partial charge in [0.15, 0.2) is 0 Å². The number of likely N-dealkylation sites (tertiary alicyclic amines) is 1. The highest BCUT2D eigenvalue weighted by Crippen LogP contribution is 2.64. The average Bonchev–Trinajstić information content (AvgIpc) is 2.82. The van der Waals surface area contributed by atoms with Crippen LogP contribution in [0.1, 0.15) is 24.8 Å². The van der Waals surface area contributed by atoms with Crippen LogP contribution in [0.2, 0.25) is 0 Å². The molecule has 1 atom stereocenters. The van der Waals surface area contributed by atoms with Crippen LogP contribution in [0.4, 0.5) is 8.78 Å². The van der Waals surface area contributed by atoms with Crippen molar-refractivity contribution in [1.29, 1.82) is 0 Å². The molecule has 1 nitrogen and oxygen atoms in total. The molecule has 3 rings (SSSR count). The van der Waals surface area contributed by atoms with Crippen molar-refractivity contribution in [2.45, 2.75) is 31.7 Å². The number of nitrogens with zero attached hydrogens (tertiary/aromatic N) is 1. The Morgan fingerprint density at radius 1 is 1.22 bits per heavy atom. The largest absolute Gasteiger partial charge is 0.298 e. The second-order valence-corrected chi connectivity index (χ2v) is 6.52. The fraction of sp³-hybridized carbons (Fsp3) is 0.571. The van der Waals surface area contributed by atoms with Gasteiger partial charge < -0.3 is 0 Å². The van der Waals surface area contributed by atoms with E-state index in [4.69, 9.17) is 0 Å². The lowest BCUT2D eigenvalue weighted by molar-refractivity contribution is 0.0228. The Morgan fingerprint density at radius 3 is 2.50 bits per heavy atom. The minimum absolute atomic E-state index is 0.0941. The summed E-state index contributed by atoms with van der Waals surface area (Å²) in [6.45, 7) is 2.27. The molecule has 1 spiro atoms. The number of alkyl halides is 2. The minimum atomic E-state index is -2.41. The summed E-state index contributed by atoms with van der Waals surface area (Å²) in [5.74, 6) is -2.41. The Labute approximate surface area is 114 Å². The molecule has 1 aromatic carbocycles. The first-order valence-electron chi connectivity index (χ1n) is 6.35. The standard InChI is InChI=1S/C14H16BrF2N/c15-12-4-2-11(3-5-12)8-18-7-1-6-13(10-18)9-14(13,16)17/h2-5H,1,6-10H2. The second kappa shape index (κ2) is 4.27. The van der Waals surface area contributed by atoms with E-state index < -0.39 is 11.3 Å². The first-order chi connectivity index (χ1) is 8.51. The van der Waals surface area contributed by atoms with Crippen LogP contribution in [0.5, 0.6) is 0 Å². The van der Waals surface area contributed by atoms with Crippen molar-refractivity contribution in [3.05, 3.63) is 34.3 Å². The molecule has 1 unspecified atom stereocenters. The van der Waals surface area contributed by atoms with Crippen molar-refractivity contribution in [2.24, 2.45) is 5.41 Å². The van der Waals surface area contributed by atoms with Gasteiger partial charge in [0.1, 0.15) is 0 Å². The zero-order valence-corrected chi connectivity index (χ0v) is 11.7. The van der Waals surface area contributed by atoms with Crippen molar-refractivity contribution < 1.29 is 8.78 Å². The summed E-state index contributed by atoms with van der Waals surface area (Å²) in [5, 5.41) is 0. The third-order valence-electron chi connectivity index (χ3n) is 4.19. The molecular formula is C14H16BrF2N. The van der Waals surface area contributed by atoms with Crippen LogP contribution < -0.4 is 0 Å². The minimum Gasteiger partial charge on any atom is -0.298 e. The SMILES string of the molecule is FC1(F)CC12CCCN(Cc1ccc(Br)cc1)C2. The van der Waals surface area contributed by atoms with Crippen molar-refractivity contribution in [1.82, 2.24) is 4.90 Å². The number of rotatable bonds is 2. The number of benzene rings is 1. The predicted octanol–water partition coefficient (Wildman–Crippen LogP) is 4.07. The molecule has 2 fully saturated rings. The van der Waals surface area contributed by atoms with E-state index >= 15 is 0 Å². The Hall–Kier alpha value is -0.480. The molecule has 0 aromatic heterocycles. The summed E-state index contributed by atoms with van der Waals surface area (Å²) in [7, 11) is 0. The van der Waals surface area contributed by atoms with Gasteiger partial charge in [-0.2, -0.15) is 0 Å². The van der Waals surface area contributed by atoms with Gasteiger partial charge >= 0.3 is 0 Å². The number of hydrogen-bond acceptors (Lipinski definition) is 1. The third-order valence-corrected chi connectivity index (χ3v) is 4.72. The van der Waals surface area contributed by atoms with Crippen LogP contribution in [0.15, 0.2) is 28.7 Å². The van der Waals surface area contributed by atoms with Gasteiger partial charge in [0.05, 0.1) is 5.41 Å². The summed E-state index contributed by atoms with van der Waals surface area (Å²) in [6, 6.07) is 8.11. The predicted molar refractivity (Wildman–Crippen MR) is 70.7 cm³/mol. The summed E-state index contributed by atoms with van der Waals surface area (Å²) < 4.78 is 27.9. The van der Waals surface area contributed by atoms with Gasteiger partial charge in [0.25, 0.3) is 5.92 Å². The van der Waals surface area contributed by atoms with E-state index in [1.165, 1.54) is 5.56 Å². The molecule has 1 saturated heterocycles. The molecule has 1 saturated carbocycles. The van der Waals surface area contributed by atoms with Crippen molar-refractivity contribution in [2.75, 3.05) is 13.1 Å². The van der Waals surface area contributed by atoms with E-state index in [0.29, 0.717) is 13.0 Å². The van der Waals surface area contributed by atoms with Crippen LogP contribution in [-0.4, -0.2) is 23.9 Å². The zero-order chi connectivity index (χ0) is 12.8. The molecule has 1 heterocycles. The Balaban J connectivity index is 1.65. The summed E-state index contributed by atoms with van der Waals surface area (Å²) >= 11 is 3.40. The van der Waals surface area contributed by atoms with Gasteiger partial charge in [-0.3, -0.25) is 4.90 Å². The van der Waals surface area contributed by atoms with Crippen molar-refractivity contribution >= 4 is 15.9 Å². The molecule has 1 aromatic rings.